The molecule has 2 N–H and O–H groups in total. The molecule has 2 aromatic carbocycles. The lowest BCUT2D eigenvalue weighted by Crippen LogP contribution is -2.17. The third kappa shape index (κ3) is 4.19. The second kappa shape index (κ2) is 9.03. The van der Waals surface area contributed by atoms with Gasteiger partial charge in [-0.15, -0.1) is 11.3 Å². The SMILES string of the molecule is Cc1[nH]n(-c2ccccc2)c(=O)c1C=Nc1sc2c(c1C(=O)Nc1ccccc1)CCCC2. The molecular formula is C26H24N4O2S. The first-order chi connectivity index (χ1) is 16.1. The number of aliphatic imine (C=N–C) groups is 1. The Balaban J connectivity index is 1.52. The fourth-order valence-corrected chi connectivity index (χ4v) is 5.42. The number of para-hydroxylation sites is 2. The van der Waals surface area contributed by atoms with Crippen molar-refractivity contribution in [3.05, 3.63) is 98.3 Å². The number of fused-ring (bicyclic) bond motifs is 1. The third-order valence-electron chi connectivity index (χ3n) is 5.85. The van der Waals surface area contributed by atoms with Gasteiger partial charge in [0.2, 0.25) is 0 Å². The number of aryl methyl sites for hydroxylation is 2. The third-order valence-corrected chi connectivity index (χ3v) is 7.05. The molecule has 0 spiro atoms. The zero-order valence-electron chi connectivity index (χ0n) is 18.3. The Morgan fingerprint density at radius 3 is 2.52 bits per heavy atom. The summed E-state index contributed by atoms with van der Waals surface area (Å²) in [4.78, 5) is 32.2. The van der Waals surface area contributed by atoms with Crippen LogP contribution in [0.1, 0.15) is 44.9 Å². The first kappa shape index (κ1) is 21.2. The molecule has 0 unspecified atom stereocenters. The predicted molar refractivity (Wildman–Crippen MR) is 134 cm³/mol. The Morgan fingerprint density at radius 2 is 1.76 bits per heavy atom. The predicted octanol–water partition coefficient (Wildman–Crippen LogP) is 5.42. The van der Waals surface area contributed by atoms with Crippen molar-refractivity contribution in [2.45, 2.75) is 32.6 Å². The van der Waals surface area contributed by atoms with Gasteiger partial charge < -0.3 is 5.32 Å². The molecule has 0 saturated carbocycles. The highest BCUT2D eigenvalue weighted by atomic mass is 32.1. The van der Waals surface area contributed by atoms with Gasteiger partial charge in [0.25, 0.3) is 11.5 Å². The van der Waals surface area contributed by atoms with Crippen molar-refractivity contribution in [3.8, 4) is 5.69 Å². The summed E-state index contributed by atoms with van der Waals surface area (Å²) in [6.45, 7) is 1.85. The highest BCUT2D eigenvalue weighted by Crippen LogP contribution is 2.40. The van der Waals surface area contributed by atoms with Crippen molar-refractivity contribution in [1.82, 2.24) is 9.78 Å². The first-order valence-corrected chi connectivity index (χ1v) is 11.9. The maximum atomic E-state index is 13.3. The maximum absolute atomic E-state index is 13.3. The zero-order valence-corrected chi connectivity index (χ0v) is 19.1. The number of nitrogens with one attached hydrogen (secondary N) is 2. The number of anilines is 1. The molecule has 0 bridgehead atoms. The molecule has 0 fully saturated rings. The summed E-state index contributed by atoms with van der Waals surface area (Å²) < 4.78 is 1.51. The topological polar surface area (TPSA) is 79.2 Å². The monoisotopic (exact) mass is 456 g/mol. The van der Waals surface area contributed by atoms with E-state index in [1.807, 2.05) is 67.6 Å². The average Bonchev–Trinajstić information content (AvgIpc) is 3.35. The molecule has 1 aliphatic rings. The minimum absolute atomic E-state index is 0.153. The number of benzene rings is 2. The Bertz CT molecular complexity index is 1380. The molecule has 4 aromatic rings. The minimum atomic E-state index is -0.168. The van der Waals surface area contributed by atoms with Crippen molar-refractivity contribution in [3.63, 3.8) is 0 Å². The number of thiophene rings is 1. The number of aromatic amines is 1. The van der Waals surface area contributed by atoms with Crippen LogP contribution < -0.4 is 10.9 Å². The van der Waals surface area contributed by atoms with Crippen LogP contribution in [0.15, 0.2) is 70.5 Å². The zero-order chi connectivity index (χ0) is 22.8. The molecule has 0 atom stereocenters. The molecule has 0 radical (unpaired) electrons. The Labute approximate surface area is 195 Å². The fourth-order valence-electron chi connectivity index (χ4n) is 4.19. The van der Waals surface area contributed by atoms with E-state index in [9.17, 15) is 9.59 Å². The van der Waals surface area contributed by atoms with Gasteiger partial charge in [-0.2, -0.15) is 0 Å². The number of hydrogen-bond acceptors (Lipinski definition) is 4. The van der Waals surface area contributed by atoms with E-state index >= 15 is 0 Å². The van der Waals surface area contributed by atoms with Gasteiger partial charge in [-0.3, -0.25) is 14.7 Å². The smallest absolute Gasteiger partial charge is 0.280 e. The van der Waals surface area contributed by atoms with Crippen molar-refractivity contribution in [1.29, 1.82) is 0 Å². The van der Waals surface area contributed by atoms with Gasteiger partial charge in [-0.25, -0.2) is 9.67 Å². The Hall–Kier alpha value is -3.71. The molecule has 2 aromatic heterocycles. The second-order valence-corrected chi connectivity index (χ2v) is 9.18. The van der Waals surface area contributed by atoms with Crippen LogP contribution in [0.3, 0.4) is 0 Å². The van der Waals surface area contributed by atoms with E-state index in [4.69, 9.17) is 0 Å². The van der Waals surface area contributed by atoms with E-state index < -0.39 is 0 Å². The van der Waals surface area contributed by atoms with E-state index in [1.54, 1.807) is 17.6 Å². The molecular weight excluding hydrogens is 432 g/mol. The summed E-state index contributed by atoms with van der Waals surface area (Å²) in [5.41, 5.74) is 4.29. The number of carbonyl (C=O) groups is 1. The molecule has 6 nitrogen and oxygen atoms in total. The Kier molecular flexibility index (Phi) is 5.79. The number of H-pyrrole nitrogens is 1. The van der Waals surface area contributed by atoms with Crippen LogP contribution in [0.5, 0.6) is 0 Å². The van der Waals surface area contributed by atoms with Gasteiger partial charge in [0, 0.05) is 22.5 Å². The van der Waals surface area contributed by atoms with Gasteiger partial charge in [0.05, 0.1) is 16.8 Å². The largest absolute Gasteiger partial charge is 0.322 e. The molecule has 166 valence electrons. The van der Waals surface area contributed by atoms with Crippen molar-refractivity contribution >= 4 is 34.1 Å². The second-order valence-electron chi connectivity index (χ2n) is 8.10. The van der Waals surface area contributed by atoms with Crippen LogP contribution in [0.25, 0.3) is 5.69 Å². The number of nitrogens with zero attached hydrogens (tertiary/aromatic N) is 2. The first-order valence-electron chi connectivity index (χ1n) is 11.0. The van der Waals surface area contributed by atoms with Crippen LogP contribution in [0.2, 0.25) is 0 Å². The summed E-state index contributed by atoms with van der Waals surface area (Å²) in [6, 6.07) is 18.9. The quantitative estimate of drug-likeness (QED) is 0.394. The van der Waals surface area contributed by atoms with E-state index in [2.05, 4.69) is 15.4 Å². The van der Waals surface area contributed by atoms with E-state index in [-0.39, 0.29) is 11.5 Å². The average molecular weight is 457 g/mol. The minimum Gasteiger partial charge on any atom is -0.322 e. The van der Waals surface area contributed by atoms with E-state index in [0.29, 0.717) is 16.1 Å². The molecule has 0 saturated heterocycles. The molecule has 1 aliphatic carbocycles. The van der Waals surface area contributed by atoms with E-state index in [0.717, 1.165) is 48.3 Å². The van der Waals surface area contributed by atoms with Gasteiger partial charge >= 0.3 is 0 Å². The van der Waals surface area contributed by atoms with Gasteiger partial charge in [0.15, 0.2) is 0 Å². The van der Waals surface area contributed by atoms with Gasteiger partial charge in [0.1, 0.15) is 5.00 Å². The highest BCUT2D eigenvalue weighted by molar-refractivity contribution is 7.16. The van der Waals surface area contributed by atoms with Crippen LogP contribution in [-0.2, 0) is 12.8 Å². The van der Waals surface area contributed by atoms with Crippen molar-refractivity contribution < 1.29 is 4.79 Å². The normalized spacial score (nSPS) is 13.2. The summed E-state index contributed by atoms with van der Waals surface area (Å²) in [5, 5.41) is 6.78. The number of carbonyl (C=O) groups excluding carboxylic acids is 1. The number of amides is 1. The maximum Gasteiger partial charge on any atom is 0.280 e. The summed E-state index contributed by atoms with van der Waals surface area (Å²) >= 11 is 1.56. The summed E-state index contributed by atoms with van der Waals surface area (Å²) in [7, 11) is 0. The van der Waals surface area contributed by atoms with Gasteiger partial charge in [-0.1, -0.05) is 36.4 Å². The van der Waals surface area contributed by atoms with Crippen LogP contribution >= 0.6 is 11.3 Å². The lowest BCUT2D eigenvalue weighted by Gasteiger charge is -2.12. The molecule has 5 rings (SSSR count). The van der Waals surface area contributed by atoms with Crippen LogP contribution in [0.4, 0.5) is 10.7 Å². The van der Waals surface area contributed by atoms with E-state index in [1.165, 1.54) is 9.56 Å². The summed E-state index contributed by atoms with van der Waals surface area (Å²) in [6.07, 6.45) is 5.62. The highest BCUT2D eigenvalue weighted by Gasteiger charge is 2.25. The molecule has 7 heteroatoms. The molecule has 0 aliphatic heterocycles. The van der Waals surface area contributed by atoms with Crippen molar-refractivity contribution in [2.24, 2.45) is 4.99 Å². The van der Waals surface area contributed by atoms with Crippen LogP contribution in [-0.4, -0.2) is 21.9 Å². The molecule has 1 amide bonds. The molecule has 2 heterocycles. The standard InChI is InChI=1S/C26H24N4O2S/c1-17-21(26(32)30(29-17)19-12-6-3-7-13-19)16-27-25-23(20-14-8-9-15-22(20)33-25)24(31)28-18-10-4-2-5-11-18/h2-7,10-13,16,29H,8-9,14-15H2,1H3,(H,28,31). The van der Waals surface area contributed by atoms with Gasteiger partial charge in [-0.05, 0) is 62.4 Å². The number of hydrogen-bond donors (Lipinski definition) is 2. The van der Waals surface area contributed by atoms with Crippen LogP contribution in [0, 0.1) is 6.92 Å². The lowest BCUT2D eigenvalue weighted by molar-refractivity contribution is 0.102. The number of aromatic nitrogens is 2. The molecule has 33 heavy (non-hydrogen) atoms. The van der Waals surface area contributed by atoms with Crippen molar-refractivity contribution in [2.75, 3.05) is 5.32 Å². The fraction of sp³-hybridized carbons (Fsp3) is 0.192. The Morgan fingerprint density at radius 1 is 1.06 bits per heavy atom. The number of rotatable bonds is 5. The lowest BCUT2D eigenvalue weighted by atomic mass is 9.95. The summed E-state index contributed by atoms with van der Waals surface area (Å²) in [5.74, 6) is -0.153.